The van der Waals surface area contributed by atoms with Gasteiger partial charge in [0.1, 0.15) is 12.3 Å². The zero-order valence-electron chi connectivity index (χ0n) is 10.8. The van der Waals surface area contributed by atoms with Crippen LogP contribution < -0.4 is 10.3 Å². The van der Waals surface area contributed by atoms with Crippen molar-refractivity contribution in [1.82, 2.24) is 9.55 Å². The van der Waals surface area contributed by atoms with Gasteiger partial charge in [-0.15, -0.1) is 0 Å². The lowest BCUT2D eigenvalue weighted by atomic mass is 10.2. The fourth-order valence-corrected chi connectivity index (χ4v) is 2.14. The lowest BCUT2D eigenvalue weighted by Crippen LogP contribution is -2.28. The molecule has 0 spiro atoms. The van der Waals surface area contributed by atoms with Crippen molar-refractivity contribution < 1.29 is 22.6 Å². The molecule has 2 rings (SSSR count). The number of hydrogen-bond donors (Lipinski definition) is 0. The average Bonchev–Trinajstić information content (AvgIpc) is 2.39. The van der Waals surface area contributed by atoms with Crippen molar-refractivity contribution in [2.45, 2.75) is 12.7 Å². The number of nitrogens with zero attached hydrogens (tertiary/aromatic N) is 2. The van der Waals surface area contributed by atoms with Gasteiger partial charge in [0, 0.05) is 7.11 Å². The maximum Gasteiger partial charge on any atom is 0.406 e. The van der Waals surface area contributed by atoms with E-state index in [1.807, 2.05) is 0 Å². The standard InChI is InChI=1S/C12H10BrF3N2O3/c1-20-6-21-10-2-7-9(3-8(10)13)17-5-18(11(7)19)4-12(14,15)16/h2-3,5H,4,6H2,1H3. The predicted octanol–water partition coefficient (Wildman–Crippen LogP) is 2.70. The minimum Gasteiger partial charge on any atom is -0.466 e. The van der Waals surface area contributed by atoms with Crippen LogP contribution in [0.2, 0.25) is 0 Å². The summed E-state index contributed by atoms with van der Waals surface area (Å²) in [7, 11) is 1.42. The number of aromatic nitrogens is 2. The smallest absolute Gasteiger partial charge is 0.406 e. The molecule has 0 atom stereocenters. The zero-order valence-corrected chi connectivity index (χ0v) is 12.4. The maximum absolute atomic E-state index is 12.4. The maximum atomic E-state index is 12.4. The minimum atomic E-state index is -4.50. The summed E-state index contributed by atoms with van der Waals surface area (Å²) in [5.74, 6) is 0.285. The Kier molecular flexibility index (Phi) is 4.52. The fourth-order valence-electron chi connectivity index (χ4n) is 1.70. The molecule has 1 aromatic carbocycles. The molecule has 9 heteroatoms. The SMILES string of the molecule is COCOc1cc2c(=O)n(CC(F)(F)F)cnc2cc1Br. The summed E-state index contributed by atoms with van der Waals surface area (Å²) in [5.41, 5.74) is -0.512. The lowest BCUT2D eigenvalue weighted by molar-refractivity contribution is -0.141. The van der Waals surface area contributed by atoms with E-state index in [2.05, 4.69) is 20.9 Å². The molecule has 0 N–H and O–H groups in total. The van der Waals surface area contributed by atoms with E-state index >= 15 is 0 Å². The topological polar surface area (TPSA) is 53.4 Å². The summed E-state index contributed by atoms with van der Waals surface area (Å²) >= 11 is 3.23. The first-order valence-electron chi connectivity index (χ1n) is 5.69. The molecule has 5 nitrogen and oxygen atoms in total. The van der Waals surface area contributed by atoms with Gasteiger partial charge in [-0.1, -0.05) is 0 Å². The molecule has 1 heterocycles. The Hall–Kier alpha value is -1.61. The van der Waals surface area contributed by atoms with Crippen molar-refractivity contribution in [2.24, 2.45) is 0 Å². The van der Waals surface area contributed by atoms with Crippen molar-refractivity contribution in [3.8, 4) is 5.75 Å². The molecule has 0 fully saturated rings. The van der Waals surface area contributed by atoms with Gasteiger partial charge in [0.2, 0.25) is 0 Å². The second kappa shape index (κ2) is 6.02. The Balaban J connectivity index is 2.52. The quantitative estimate of drug-likeness (QED) is 0.780. The summed E-state index contributed by atoms with van der Waals surface area (Å²) in [6, 6.07) is 2.83. The molecule has 0 aliphatic rings. The van der Waals surface area contributed by atoms with Gasteiger partial charge in [-0.05, 0) is 28.1 Å². The van der Waals surface area contributed by atoms with Crippen LogP contribution in [0.5, 0.6) is 5.75 Å². The van der Waals surface area contributed by atoms with Crippen LogP contribution in [0.15, 0.2) is 27.7 Å². The van der Waals surface area contributed by atoms with E-state index in [1.165, 1.54) is 19.2 Å². The van der Waals surface area contributed by atoms with Crippen LogP contribution >= 0.6 is 15.9 Å². The molecule has 21 heavy (non-hydrogen) atoms. The van der Waals surface area contributed by atoms with Crippen LogP contribution in [0.3, 0.4) is 0 Å². The van der Waals surface area contributed by atoms with Crippen LogP contribution in [0.4, 0.5) is 13.2 Å². The largest absolute Gasteiger partial charge is 0.466 e. The third-order valence-electron chi connectivity index (χ3n) is 2.56. The first-order valence-corrected chi connectivity index (χ1v) is 6.48. The summed E-state index contributed by atoms with van der Waals surface area (Å²) in [6.07, 6.45) is -3.62. The highest BCUT2D eigenvalue weighted by atomic mass is 79.9. The summed E-state index contributed by atoms with van der Waals surface area (Å²) in [6.45, 7) is -1.44. The highest BCUT2D eigenvalue weighted by Gasteiger charge is 2.28. The van der Waals surface area contributed by atoms with Crippen molar-refractivity contribution in [3.63, 3.8) is 0 Å². The Bertz CT molecular complexity index is 715. The summed E-state index contributed by atoms with van der Waals surface area (Å²) < 4.78 is 48.2. The van der Waals surface area contributed by atoms with Crippen LogP contribution in [0.1, 0.15) is 0 Å². The van der Waals surface area contributed by atoms with Crippen molar-refractivity contribution >= 4 is 26.8 Å². The van der Waals surface area contributed by atoms with Crippen LogP contribution in [0.25, 0.3) is 10.9 Å². The average molecular weight is 367 g/mol. The van der Waals surface area contributed by atoms with Gasteiger partial charge in [0.15, 0.2) is 6.79 Å². The molecule has 0 unspecified atom stereocenters. The monoisotopic (exact) mass is 366 g/mol. The highest BCUT2D eigenvalue weighted by molar-refractivity contribution is 9.10. The number of fused-ring (bicyclic) bond motifs is 1. The van der Waals surface area contributed by atoms with Gasteiger partial charge < -0.3 is 9.47 Å². The highest BCUT2D eigenvalue weighted by Crippen LogP contribution is 2.28. The van der Waals surface area contributed by atoms with E-state index in [0.29, 0.717) is 9.04 Å². The molecule has 0 aliphatic heterocycles. The second-order valence-corrected chi connectivity index (χ2v) is 5.00. The first kappa shape index (κ1) is 15.8. The third kappa shape index (κ3) is 3.73. The Morgan fingerprint density at radius 3 is 2.71 bits per heavy atom. The molecule has 0 radical (unpaired) electrons. The van der Waals surface area contributed by atoms with E-state index in [1.54, 1.807) is 0 Å². The summed E-state index contributed by atoms with van der Waals surface area (Å²) in [5, 5.41) is 0.0380. The van der Waals surface area contributed by atoms with Crippen LogP contribution in [-0.4, -0.2) is 29.6 Å². The van der Waals surface area contributed by atoms with Gasteiger partial charge in [-0.25, -0.2) is 4.98 Å². The normalized spacial score (nSPS) is 11.9. The van der Waals surface area contributed by atoms with Gasteiger partial charge in [-0.2, -0.15) is 13.2 Å². The number of rotatable bonds is 4. The van der Waals surface area contributed by atoms with E-state index in [0.717, 1.165) is 6.33 Å². The fraction of sp³-hybridized carbons (Fsp3) is 0.333. The number of ether oxygens (including phenoxy) is 2. The number of benzene rings is 1. The Labute approximate surface area is 125 Å². The number of hydrogen-bond acceptors (Lipinski definition) is 4. The van der Waals surface area contributed by atoms with Gasteiger partial charge >= 0.3 is 6.18 Å². The molecular formula is C12H10BrF3N2O3. The predicted molar refractivity (Wildman–Crippen MR) is 72.3 cm³/mol. The molecule has 0 bridgehead atoms. The van der Waals surface area contributed by atoms with Crippen molar-refractivity contribution in [3.05, 3.63) is 33.3 Å². The van der Waals surface area contributed by atoms with E-state index < -0.39 is 18.3 Å². The molecule has 0 saturated carbocycles. The van der Waals surface area contributed by atoms with E-state index in [9.17, 15) is 18.0 Å². The molecular weight excluding hydrogens is 357 g/mol. The molecule has 0 amide bonds. The van der Waals surface area contributed by atoms with E-state index in [4.69, 9.17) is 9.47 Å². The Morgan fingerprint density at radius 1 is 1.38 bits per heavy atom. The van der Waals surface area contributed by atoms with Gasteiger partial charge in [-0.3, -0.25) is 9.36 Å². The third-order valence-corrected chi connectivity index (χ3v) is 3.18. The molecule has 2 aromatic rings. The molecule has 1 aromatic heterocycles. The molecule has 114 valence electrons. The molecule has 0 saturated heterocycles. The Morgan fingerprint density at radius 2 is 2.10 bits per heavy atom. The van der Waals surface area contributed by atoms with Crippen LogP contribution in [-0.2, 0) is 11.3 Å². The van der Waals surface area contributed by atoms with Gasteiger partial charge in [0.05, 0.1) is 21.7 Å². The zero-order chi connectivity index (χ0) is 15.6. The minimum absolute atomic E-state index is 0.0380. The number of methoxy groups -OCH3 is 1. The van der Waals surface area contributed by atoms with Crippen LogP contribution in [0, 0.1) is 0 Å². The lowest BCUT2D eigenvalue weighted by Gasteiger charge is -2.11. The second-order valence-electron chi connectivity index (χ2n) is 4.14. The molecule has 0 aliphatic carbocycles. The first-order chi connectivity index (χ1) is 9.81. The summed E-state index contributed by atoms with van der Waals surface area (Å²) in [4.78, 5) is 15.9. The van der Waals surface area contributed by atoms with Crippen molar-refractivity contribution in [1.29, 1.82) is 0 Å². The number of halogens is 4. The van der Waals surface area contributed by atoms with Gasteiger partial charge in [0.25, 0.3) is 5.56 Å². The van der Waals surface area contributed by atoms with E-state index in [-0.39, 0.29) is 23.4 Å². The number of alkyl halides is 3. The van der Waals surface area contributed by atoms with Crippen molar-refractivity contribution in [2.75, 3.05) is 13.9 Å².